The molecule has 3 aromatic rings. The molecule has 0 saturated carbocycles. The third kappa shape index (κ3) is 5.09. The third-order valence-corrected chi connectivity index (χ3v) is 5.32. The summed E-state index contributed by atoms with van der Waals surface area (Å²) in [7, 11) is 0. The molecule has 27 heavy (non-hydrogen) atoms. The number of aromatic nitrogens is 2. The van der Waals surface area contributed by atoms with Crippen LogP contribution in [0.1, 0.15) is 16.1 Å². The standard InChI is InChI=1S/C18H16Cl2N4O2S/c1-10-4-3-5-15(11(10)2)26-9-16-23-24-18(27-16)22-17(25)21-12-6-7-13(19)14(20)8-12/h3-8H,9H2,1-2H3,(H2,21,22,24,25). The summed E-state index contributed by atoms with van der Waals surface area (Å²) < 4.78 is 5.79. The molecule has 9 heteroatoms. The normalized spacial score (nSPS) is 10.5. The Bertz CT molecular complexity index is 978. The summed E-state index contributed by atoms with van der Waals surface area (Å²) in [5.74, 6) is 0.803. The number of hydrogen-bond donors (Lipinski definition) is 2. The number of nitrogens with one attached hydrogen (secondary N) is 2. The zero-order valence-electron chi connectivity index (χ0n) is 14.5. The monoisotopic (exact) mass is 422 g/mol. The number of anilines is 2. The van der Waals surface area contributed by atoms with Crippen LogP contribution in [0.4, 0.5) is 15.6 Å². The van der Waals surface area contributed by atoms with Crippen LogP contribution in [0.25, 0.3) is 0 Å². The quantitative estimate of drug-likeness (QED) is 0.553. The van der Waals surface area contributed by atoms with Crippen molar-refractivity contribution < 1.29 is 9.53 Å². The molecule has 0 saturated heterocycles. The fourth-order valence-corrected chi connectivity index (χ4v) is 3.16. The number of halogens is 2. The van der Waals surface area contributed by atoms with Crippen molar-refractivity contribution in [3.63, 3.8) is 0 Å². The van der Waals surface area contributed by atoms with E-state index in [1.54, 1.807) is 18.2 Å². The largest absolute Gasteiger partial charge is 0.486 e. The summed E-state index contributed by atoms with van der Waals surface area (Å²) in [5.41, 5.74) is 2.76. The Balaban J connectivity index is 1.56. The number of rotatable bonds is 5. The second-order valence-corrected chi connectivity index (χ2v) is 7.57. The number of hydrogen-bond acceptors (Lipinski definition) is 5. The topological polar surface area (TPSA) is 76.1 Å². The molecule has 0 aliphatic rings. The van der Waals surface area contributed by atoms with Gasteiger partial charge in [0, 0.05) is 5.69 Å². The molecule has 1 heterocycles. The van der Waals surface area contributed by atoms with Crippen molar-refractivity contribution in [2.75, 3.05) is 10.6 Å². The fraction of sp³-hybridized carbons (Fsp3) is 0.167. The number of ether oxygens (including phenoxy) is 1. The molecule has 2 N–H and O–H groups in total. The minimum Gasteiger partial charge on any atom is -0.486 e. The molecule has 0 atom stereocenters. The van der Waals surface area contributed by atoms with Gasteiger partial charge in [-0.1, -0.05) is 46.7 Å². The molecule has 3 rings (SSSR count). The lowest BCUT2D eigenvalue weighted by Crippen LogP contribution is -2.19. The van der Waals surface area contributed by atoms with Crippen molar-refractivity contribution in [3.05, 3.63) is 62.6 Å². The van der Waals surface area contributed by atoms with E-state index in [1.165, 1.54) is 11.3 Å². The zero-order chi connectivity index (χ0) is 19.4. The van der Waals surface area contributed by atoms with Gasteiger partial charge >= 0.3 is 6.03 Å². The first kappa shape index (κ1) is 19.4. The zero-order valence-corrected chi connectivity index (χ0v) is 16.9. The van der Waals surface area contributed by atoms with E-state index >= 15 is 0 Å². The molecule has 140 valence electrons. The van der Waals surface area contributed by atoms with Crippen LogP contribution in [0.3, 0.4) is 0 Å². The van der Waals surface area contributed by atoms with Crippen LogP contribution < -0.4 is 15.4 Å². The smallest absolute Gasteiger partial charge is 0.325 e. The first-order valence-corrected chi connectivity index (χ1v) is 9.54. The molecule has 1 aromatic heterocycles. The highest BCUT2D eigenvalue weighted by Gasteiger charge is 2.10. The molecule has 0 fully saturated rings. The van der Waals surface area contributed by atoms with Crippen molar-refractivity contribution in [2.45, 2.75) is 20.5 Å². The van der Waals surface area contributed by atoms with Crippen molar-refractivity contribution in [2.24, 2.45) is 0 Å². The Morgan fingerprint density at radius 2 is 1.93 bits per heavy atom. The molecule has 6 nitrogen and oxygen atoms in total. The maximum Gasteiger partial charge on any atom is 0.325 e. The summed E-state index contributed by atoms with van der Waals surface area (Å²) in [6, 6.07) is 10.2. The molecule has 2 amide bonds. The first-order chi connectivity index (χ1) is 12.9. The van der Waals surface area contributed by atoms with Gasteiger partial charge in [-0.15, -0.1) is 10.2 Å². The number of nitrogens with zero attached hydrogens (tertiary/aromatic N) is 2. The third-order valence-electron chi connectivity index (χ3n) is 3.77. The van der Waals surface area contributed by atoms with Gasteiger partial charge in [-0.2, -0.15) is 0 Å². The molecular weight excluding hydrogens is 407 g/mol. The fourth-order valence-electron chi connectivity index (χ4n) is 2.22. The highest BCUT2D eigenvalue weighted by molar-refractivity contribution is 7.15. The van der Waals surface area contributed by atoms with Gasteiger partial charge in [0.2, 0.25) is 5.13 Å². The molecule has 0 spiro atoms. The van der Waals surface area contributed by atoms with Crippen molar-refractivity contribution in [3.8, 4) is 5.75 Å². The van der Waals surface area contributed by atoms with E-state index in [-0.39, 0.29) is 6.61 Å². The lowest BCUT2D eigenvalue weighted by Gasteiger charge is -2.09. The number of carbonyl (C=O) groups is 1. The van der Waals surface area contributed by atoms with E-state index in [4.69, 9.17) is 27.9 Å². The predicted octanol–water partition coefficient (Wildman–Crippen LogP) is 5.68. The highest BCUT2D eigenvalue weighted by Crippen LogP contribution is 2.26. The Hall–Kier alpha value is -2.35. The molecule has 0 aliphatic carbocycles. The van der Waals surface area contributed by atoms with E-state index in [0.717, 1.165) is 16.9 Å². The van der Waals surface area contributed by atoms with Gasteiger partial charge in [0.05, 0.1) is 10.0 Å². The van der Waals surface area contributed by atoms with Crippen molar-refractivity contribution in [1.82, 2.24) is 10.2 Å². The Morgan fingerprint density at radius 3 is 2.70 bits per heavy atom. The van der Waals surface area contributed by atoms with Crippen LogP contribution in [-0.4, -0.2) is 16.2 Å². The highest BCUT2D eigenvalue weighted by atomic mass is 35.5. The minimum atomic E-state index is -0.452. The Labute approximate surface area is 170 Å². The van der Waals surface area contributed by atoms with Gasteiger partial charge in [-0.05, 0) is 49.2 Å². The van der Waals surface area contributed by atoms with Crippen LogP contribution in [0.5, 0.6) is 5.75 Å². The van der Waals surface area contributed by atoms with E-state index in [9.17, 15) is 4.79 Å². The van der Waals surface area contributed by atoms with Crippen LogP contribution in [0, 0.1) is 13.8 Å². The predicted molar refractivity (Wildman–Crippen MR) is 109 cm³/mol. The van der Waals surface area contributed by atoms with E-state index in [2.05, 4.69) is 20.8 Å². The molecule has 0 bridgehead atoms. The van der Waals surface area contributed by atoms with Gasteiger partial charge in [-0.3, -0.25) is 5.32 Å². The maximum absolute atomic E-state index is 12.1. The Morgan fingerprint density at radius 1 is 1.11 bits per heavy atom. The summed E-state index contributed by atoms with van der Waals surface area (Å²) in [4.78, 5) is 12.1. The lowest BCUT2D eigenvalue weighted by atomic mass is 10.1. The Kier molecular flexibility index (Phi) is 6.15. The number of carbonyl (C=O) groups excluding carboxylic acids is 1. The molecule has 0 radical (unpaired) electrons. The van der Waals surface area contributed by atoms with E-state index < -0.39 is 6.03 Å². The van der Waals surface area contributed by atoms with Gasteiger partial charge < -0.3 is 10.1 Å². The lowest BCUT2D eigenvalue weighted by molar-refractivity contribution is 0.262. The molecule has 0 unspecified atom stereocenters. The number of amides is 2. The van der Waals surface area contributed by atoms with Crippen LogP contribution in [0.2, 0.25) is 10.0 Å². The van der Waals surface area contributed by atoms with E-state index in [0.29, 0.717) is 25.9 Å². The van der Waals surface area contributed by atoms with Gasteiger partial charge in [0.1, 0.15) is 12.4 Å². The SMILES string of the molecule is Cc1cccc(OCc2nnc(NC(=O)Nc3ccc(Cl)c(Cl)c3)s2)c1C. The van der Waals surface area contributed by atoms with Crippen molar-refractivity contribution >= 4 is 51.4 Å². The van der Waals surface area contributed by atoms with Crippen LogP contribution in [0.15, 0.2) is 36.4 Å². The van der Waals surface area contributed by atoms with Crippen LogP contribution >= 0.6 is 34.5 Å². The summed E-state index contributed by atoms with van der Waals surface area (Å²) in [6.45, 7) is 4.31. The van der Waals surface area contributed by atoms with E-state index in [1.807, 2.05) is 32.0 Å². The minimum absolute atomic E-state index is 0.276. The average Bonchev–Trinajstić information content (AvgIpc) is 3.06. The summed E-state index contributed by atoms with van der Waals surface area (Å²) in [6.07, 6.45) is 0. The number of aryl methyl sites for hydroxylation is 1. The molecule has 2 aromatic carbocycles. The maximum atomic E-state index is 12.1. The number of benzene rings is 2. The van der Waals surface area contributed by atoms with Crippen LogP contribution in [-0.2, 0) is 6.61 Å². The van der Waals surface area contributed by atoms with Gasteiger partial charge in [0.15, 0.2) is 5.01 Å². The summed E-state index contributed by atoms with van der Waals surface area (Å²) in [5, 5.41) is 15.1. The average molecular weight is 423 g/mol. The molecule has 0 aliphatic heterocycles. The first-order valence-electron chi connectivity index (χ1n) is 7.97. The van der Waals surface area contributed by atoms with Crippen molar-refractivity contribution in [1.29, 1.82) is 0 Å². The summed E-state index contributed by atoms with van der Waals surface area (Å²) >= 11 is 13.0. The second-order valence-electron chi connectivity index (χ2n) is 5.70. The van der Waals surface area contributed by atoms with Gasteiger partial charge in [-0.25, -0.2) is 4.79 Å². The second kappa shape index (κ2) is 8.56. The molecular formula is C18H16Cl2N4O2S. The van der Waals surface area contributed by atoms with Gasteiger partial charge in [0.25, 0.3) is 0 Å². The number of urea groups is 1.